The van der Waals surface area contributed by atoms with E-state index in [-0.39, 0.29) is 11.4 Å². The van der Waals surface area contributed by atoms with Crippen LogP contribution in [-0.2, 0) is 19.1 Å². The van der Waals surface area contributed by atoms with Crippen LogP contribution in [0.15, 0.2) is 24.3 Å². The Morgan fingerprint density at radius 3 is 2.57 bits per heavy atom. The van der Waals surface area contributed by atoms with Crippen molar-refractivity contribution in [3.8, 4) is 5.75 Å². The molecule has 2 rings (SSSR count). The van der Waals surface area contributed by atoms with Gasteiger partial charge in [-0.05, 0) is 25.5 Å². The number of halogens is 2. The minimum atomic E-state index is -3.08. The molecule has 0 aliphatic carbocycles. The second-order valence-electron chi connectivity index (χ2n) is 6.09. The van der Waals surface area contributed by atoms with Gasteiger partial charge in [0.05, 0.1) is 5.69 Å². The predicted molar refractivity (Wildman–Crippen MR) is 91.6 cm³/mol. The van der Waals surface area contributed by atoms with Crippen LogP contribution in [0.3, 0.4) is 0 Å². The van der Waals surface area contributed by atoms with Crippen molar-refractivity contribution in [1.29, 1.82) is 0 Å². The fourth-order valence-corrected chi connectivity index (χ4v) is 2.41. The molecule has 1 aromatic carbocycles. The minimum Gasteiger partial charge on any atom is -0.454 e. The number of esters is 1. The summed E-state index contributed by atoms with van der Waals surface area (Å²) in [5, 5.41) is 4.75. The molecule has 11 heteroatoms. The second-order valence-corrected chi connectivity index (χ2v) is 6.09. The Morgan fingerprint density at radius 1 is 1.29 bits per heavy atom. The van der Waals surface area contributed by atoms with E-state index in [2.05, 4.69) is 15.4 Å². The highest BCUT2D eigenvalue weighted by Gasteiger charge is 2.47. The molecule has 1 aromatic rings. The molecule has 0 aromatic heterocycles. The molecule has 0 unspecified atom stereocenters. The first-order chi connectivity index (χ1) is 13.2. The van der Waals surface area contributed by atoms with Gasteiger partial charge in [-0.15, -0.1) is 0 Å². The molecule has 2 N–H and O–H groups in total. The summed E-state index contributed by atoms with van der Waals surface area (Å²) in [5.41, 5.74) is -1.12. The standard InChI is InChI=1S/C17H19F2N3O6/c1-3-17(2)14(25)22(16(26)21-17)8-13(24)27-9-12(23)20-10-6-4-5-7-11(10)28-15(18)19/h4-7,15H,3,8-9H2,1-2H3,(H,20,23)(H,21,26)/t17-/m0/s1. The van der Waals surface area contributed by atoms with Gasteiger partial charge >= 0.3 is 18.6 Å². The summed E-state index contributed by atoms with van der Waals surface area (Å²) in [7, 11) is 0. The summed E-state index contributed by atoms with van der Waals surface area (Å²) in [4.78, 5) is 48.5. The highest BCUT2D eigenvalue weighted by molar-refractivity contribution is 6.08. The monoisotopic (exact) mass is 399 g/mol. The van der Waals surface area contributed by atoms with Gasteiger partial charge in [0, 0.05) is 0 Å². The van der Waals surface area contributed by atoms with E-state index in [1.54, 1.807) is 6.92 Å². The smallest absolute Gasteiger partial charge is 0.387 e. The van der Waals surface area contributed by atoms with Crippen LogP contribution in [0, 0.1) is 0 Å². The van der Waals surface area contributed by atoms with E-state index in [9.17, 15) is 28.0 Å². The number of imide groups is 1. The van der Waals surface area contributed by atoms with Crippen LogP contribution >= 0.6 is 0 Å². The number of amides is 4. The molecule has 0 radical (unpaired) electrons. The Balaban J connectivity index is 1.88. The molecule has 1 saturated heterocycles. The van der Waals surface area contributed by atoms with Gasteiger partial charge in [-0.2, -0.15) is 8.78 Å². The summed E-state index contributed by atoms with van der Waals surface area (Å²) < 4.78 is 33.7. The van der Waals surface area contributed by atoms with E-state index in [0.29, 0.717) is 11.3 Å². The van der Waals surface area contributed by atoms with Crippen molar-refractivity contribution >= 4 is 29.5 Å². The maximum absolute atomic E-state index is 12.4. The van der Waals surface area contributed by atoms with Gasteiger partial charge in [-0.25, -0.2) is 4.79 Å². The zero-order valence-corrected chi connectivity index (χ0v) is 15.2. The van der Waals surface area contributed by atoms with Crippen molar-refractivity contribution in [2.45, 2.75) is 32.4 Å². The molecule has 0 bridgehead atoms. The van der Waals surface area contributed by atoms with Crippen LogP contribution in [0.5, 0.6) is 5.75 Å². The molecule has 1 atom stereocenters. The van der Waals surface area contributed by atoms with Crippen molar-refractivity contribution < 1.29 is 37.4 Å². The summed E-state index contributed by atoms with van der Waals surface area (Å²) in [6.45, 7) is -1.23. The van der Waals surface area contributed by atoms with Crippen molar-refractivity contribution in [2.75, 3.05) is 18.5 Å². The van der Waals surface area contributed by atoms with Gasteiger partial charge in [0.15, 0.2) is 6.61 Å². The Kier molecular flexibility index (Phi) is 6.49. The highest BCUT2D eigenvalue weighted by Crippen LogP contribution is 2.25. The first-order valence-corrected chi connectivity index (χ1v) is 8.29. The number of para-hydroxylation sites is 2. The zero-order chi connectivity index (χ0) is 20.9. The number of carbonyl (C=O) groups excluding carboxylic acids is 4. The van der Waals surface area contributed by atoms with Crippen LogP contribution in [0.2, 0.25) is 0 Å². The number of alkyl halides is 2. The van der Waals surface area contributed by atoms with E-state index >= 15 is 0 Å². The zero-order valence-electron chi connectivity index (χ0n) is 15.2. The Labute approximate surface area is 159 Å². The van der Waals surface area contributed by atoms with Crippen LogP contribution in [-0.4, -0.2) is 54.0 Å². The average Bonchev–Trinajstić information content (AvgIpc) is 2.85. The summed E-state index contributed by atoms with van der Waals surface area (Å²) in [6.07, 6.45) is 0.339. The number of hydrogen-bond donors (Lipinski definition) is 2. The molecule has 1 aliphatic heterocycles. The van der Waals surface area contributed by atoms with Gasteiger partial charge in [0.2, 0.25) is 0 Å². The van der Waals surface area contributed by atoms with E-state index in [1.165, 1.54) is 31.2 Å². The second kappa shape index (κ2) is 8.63. The Morgan fingerprint density at radius 2 is 1.96 bits per heavy atom. The van der Waals surface area contributed by atoms with Crippen molar-refractivity contribution in [2.24, 2.45) is 0 Å². The summed E-state index contributed by atoms with van der Waals surface area (Å²) in [5.74, 6) is -2.61. The van der Waals surface area contributed by atoms with Crippen LogP contribution in [0.25, 0.3) is 0 Å². The molecule has 9 nitrogen and oxygen atoms in total. The average molecular weight is 399 g/mol. The molecular formula is C17H19F2N3O6. The van der Waals surface area contributed by atoms with Crippen LogP contribution in [0.4, 0.5) is 19.3 Å². The quantitative estimate of drug-likeness (QED) is 0.506. The summed E-state index contributed by atoms with van der Waals surface area (Å²) in [6, 6.07) is 4.76. The first kappa shape index (κ1) is 21.1. The van der Waals surface area contributed by atoms with Crippen molar-refractivity contribution in [3.63, 3.8) is 0 Å². The van der Waals surface area contributed by atoms with Gasteiger partial charge in [-0.3, -0.25) is 19.3 Å². The number of ether oxygens (including phenoxy) is 2. The molecular weight excluding hydrogens is 380 g/mol. The third kappa shape index (κ3) is 4.93. The molecule has 4 amide bonds. The molecule has 28 heavy (non-hydrogen) atoms. The topological polar surface area (TPSA) is 114 Å². The number of rotatable bonds is 8. The number of carbonyl (C=O) groups is 4. The van der Waals surface area contributed by atoms with E-state index in [4.69, 9.17) is 4.74 Å². The predicted octanol–water partition coefficient (Wildman–Crippen LogP) is 1.49. The van der Waals surface area contributed by atoms with Gasteiger partial charge in [-0.1, -0.05) is 19.1 Å². The van der Waals surface area contributed by atoms with E-state index < -0.39 is 49.1 Å². The maximum atomic E-state index is 12.4. The minimum absolute atomic E-state index is 0.0309. The molecule has 152 valence electrons. The summed E-state index contributed by atoms with van der Waals surface area (Å²) >= 11 is 0. The fraction of sp³-hybridized carbons (Fsp3) is 0.412. The number of nitrogens with zero attached hydrogens (tertiary/aromatic N) is 1. The van der Waals surface area contributed by atoms with Gasteiger partial charge in [0.1, 0.15) is 17.8 Å². The molecule has 0 spiro atoms. The molecule has 1 fully saturated rings. The normalized spacial score (nSPS) is 18.8. The first-order valence-electron chi connectivity index (χ1n) is 8.29. The van der Waals surface area contributed by atoms with Gasteiger partial charge < -0.3 is 20.1 Å². The van der Waals surface area contributed by atoms with Crippen molar-refractivity contribution in [1.82, 2.24) is 10.2 Å². The molecule has 0 saturated carbocycles. The molecule has 1 heterocycles. The highest BCUT2D eigenvalue weighted by atomic mass is 19.3. The lowest BCUT2D eigenvalue weighted by Crippen LogP contribution is -2.43. The maximum Gasteiger partial charge on any atom is 0.387 e. The van der Waals surface area contributed by atoms with Crippen LogP contribution < -0.4 is 15.4 Å². The number of urea groups is 1. The fourth-order valence-electron chi connectivity index (χ4n) is 2.41. The largest absolute Gasteiger partial charge is 0.454 e. The Bertz CT molecular complexity index is 788. The number of anilines is 1. The third-order valence-electron chi connectivity index (χ3n) is 4.08. The van der Waals surface area contributed by atoms with Crippen molar-refractivity contribution in [3.05, 3.63) is 24.3 Å². The lowest BCUT2D eigenvalue weighted by atomic mass is 9.99. The van der Waals surface area contributed by atoms with Crippen LogP contribution in [0.1, 0.15) is 20.3 Å². The number of nitrogens with one attached hydrogen (secondary N) is 2. The number of hydrogen-bond acceptors (Lipinski definition) is 6. The van der Waals surface area contributed by atoms with Gasteiger partial charge in [0.25, 0.3) is 11.8 Å². The lowest BCUT2D eigenvalue weighted by molar-refractivity contribution is -0.150. The SMILES string of the molecule is CC[C@]1(C)NC(=O)N(CC(=O)OCC(=O)Nc2ccccc2OC(F)F)C1=O. The third-order valence-corrected chi connectivity index (χ3v) is 4.08. The van der Waals surface area contributed by atoms with E-state index in [1.807, 2.05) is 0 Å². The lowest BCUT2D eigenvalue weighted by Gasteiger charge is -2.18. The number of benzene rings is 1. The molecule has 1 aliphatic rings. The Hall–Kier alpha value is -3.24. The van der Waals surface area contributed by atoms with E-state index in [0.717, 1.165) is 0 Å².